The summed E-state index contributed by atoms with van der Waals surface area (Å²) in [5.74, 6) is 0. The van der Waals surface area contributed by atoms with Crippen LogP contribution in [0.2, 0.25) is 13.1 Å². The summed E-state index contributed by atoms with van der Waals surface area (Å²) in [6.07, 6.45) is -24.4. The number of halogens is 12. The first-order chi connectivity index (χ1) is 10.4. The molecule has 0 aliphatic carbocycles. The molecule has 27 heavy (non-hydrogen) atoms. The van der Waals surface area contributed by atoms with E-state index in [-0.39, 0.29) is 37.7 Å². The van der Waals surface area contributed by atoms with E-state index in [1.165, 1.54) is 0 Å². The van der Waals surface area contributed by atoms with Crippen LogP contribution in [0.25, 0.3) is 9.96 Å². The molecule has 2 nitrogen and oxygen atoms in total. The summed E-state index contributed by atoms with van der Waals surface area (Å²) >= 11 is 0. The molecule has 0 aromatic rings. The van der Waals surface area contributed by atoms with E-state index in [2.05, 4.69) is 9.96 Å². The van der Waals surface area contributed by atoms with Gasteiger partial charge in [-0.1, -0.05) is 13.8 Å². The molecule has 0 aliphatic rings. The van der Waals surface area contributed by atoms with Crippen LogP contribution >= 0.6 is 0 Å². The Morgan fingerprint density at radius 2 is 0.630 bits per heavy atom. The zero-order chi connectivity index (χ0) is 20.9. The second-order valence-electron chi connectivity index (χ2n) is 5.85. The second-order valence-corrected chi connectivity index (χ2v) is 9.29. The molecule has 0 heterocycles. The zero-order valence-electron chi connectivity index (χ0n) is 14.9. The molecule has 0 radical (unpaired) electrons. The van der Waals surface area contributed by atoms with Gasteiger partial charge in [0.25, 0.3) is 0 Å². The van der Waals surface area contributed by atoms with E-state index in [0.717, 1.165) is 0 Å². The SMILES string of the molecule is CC([N-][Si](C)(C)[N-]C(C)(C(F)(F)F)C(F)(F)F)(C(F)(F)F)C(F)(F)F.[Li+].[Li+]. The number of nitrogens with zero attached hydrogens (tertiary/aromatic N) is 2. The van der Waals surface area contributed by atoms with Crippen LogP contribution in [-0.4, -0.2) is 44.2 Å². The number of alkyl halides is 12. The molecular formula is C10H12F12Li2N2Si. The van der Waals surface area contributed by atoms with Gasteiger partial charge in [-0.15, -0.1) is 13.1 Å². The molecule has 0 spiro atoms. The van der Waals surface area contributed by atoms with Gasteiger partial charge in [-0.05, 0) is 0 Å². The molecule has 0 fully saturated rings. The first kappa shape index (κ1) is 32.2. The van der Waals surface area contributed by atoms with Crippen molar-refractivity contribution in [1.82, 2.24) is 0 Å². The fourth-order valence-corrected chi connectivity index (χ4v) is 4.44. The molecule has 0 bridgehead atoms. The van der Waals surface area contributed by atoms with Crippen LogP contribution in [0.3, 0.4) is 0 Å². The van der Waals surface area contributed by atoms with E-state index >= 15 is 0 Å². The number of rotatable bonds is 4. The Kier molecular flexibility index (Phi) is 10.4. The van der Waals surface area contributed by atoms with Crippen LogP contribution < -0.4 is 37.7 Å². The molecule has 0 atom stereocenters. The van der Waals surface area contributed by atoms with Crippen LogP contribution in [0, 0.1) is 0 Å². The third kappa shape index (κ3) is 6.76. The number of hydrogen-bond donors (Lipinski definition) is 0. The Bertz CT molecular complexity index is 413. The van der Waals surface area contributed by atoms with Crippen LogP contribution in [0.5, 0.6) is 0 Å². The van der Waals surface area contributed by atoms with Gasteiger partial charge in [-0.3, -0.25) is 0 Å². The standard InChI is InChI=1S/C10H12F12N2Si.2Li/c1-5(7(11,12)13,8(14,15)16)23-25(3,4)24-6(2,9(17,18)19)10(20,21)22;;/h1-4H3;;/q-2;2*+1. The van der Waals surface area contributed by atoms with Gasteiger partial charge in [0.15, 0.2) is 0 Å². The molecule has 0 aliphatic heterocycles. The largest absolute Gasteiger partial charge is 1.00 e. The predicted octanol–water partition coefficient (Wildman–Crippen LogP) is 0.210. The molecule has 0 rings (SSSR count). The molecule has 152 valence electrons. The Hall–Kier alpha value is 0.492. The molecule has 0 aromatic carbocycles. The summed E-state index contributed by atoms with van der Waals surface area (Å²) < 4.78 is 153. The third-order valence-corrected chi connectivity index (χ3v) is 5.19. The van der Waals surface area contributed by atoms with Crippen molar-refractivity contribution in [3.63, 3.8) is 0 Å². The Balaban J connectivity index is -0.00000288. The van der Waals surface area contributed by atoms with Crippen molar-refractivity contribution in [2.24, 2.45) is 0 Å². The van der Waals surface area contributed by atoms with Gasteiger partial charge in [0.2, 0.25) is 0 Å². The summed E-state index contributed by atoms with van der Waals surface area (Å²) in [4.78, 5) is 4.63. The minimum Gasteiger partial charge on any atom is -0.660 e. The smallest absolute Gasteiger partial charge is 0.660 e. The van der Waals surface area contributed by atoms with Crippen molar-refractivity contribution in [2.45, 2.75) is 62.7 Å². The molecular weight excluding hydrogens is 418 g/mol. The average Bonchev–Trinajstić information content (AvgIpc) is 2.20. The van der Waals surface area contributed by atoms with Gasteiger partial charge < -0.3 is 9.96 Å². The van der Waals surface area contributed by atoms with Crippen molar-refractivity contribution >= 4 is 8.40 Å². The van der Waals surface area contributed by atoms with Gasteiger partial charge >= 0.3 is 62.4 Å². The molecule has 0 N–H and O–H groups in total. The van der Waals surface area contributed by atoms with E-state index in [1.807, 2.05) is 0 Å². The fraction of sp³-hybridized carbons (Fsp3) is 1.00. The molecule has 0 unspecified atom stereocenters. The van der Waals surface area contributed by atoms with Crippen molar-refractivity contribution in [3.05, 3.63) is 9.96 Å². The fourth-order valence-electron chi connectivity index (χ4n) is 1.69. The molecule has 0 aromatic heterocycles. The maximum Gasteiger partial charge on any atom is 1.00 e. The normalized spacial score (nSPS) is 15.1. The van der Waals surface area contributed by atoms with Gasteiger partial charge in [0.05, 0.1) is 11.1 Å². The topological polar surface area (TPSA) is 28.2 Å². The average molecular weight is 430 g/mol. The molecule has 0 amide bonds. The Labute approximate surface area is 171 Å². The summed E-state index contributed by atoms with van der Waals surface area (Å²) in [5, 5.41) is 0. The summed E-state index contributed by atoms with van der Waals surface area (Å²) in [7, 11) is -5.04. The predicted molar refractivity (Wildman–Crippen MR) is 65.2 cm³/mol. The first-order valence-corrected chi connectivity index (χ1v) is 9.06. The van der Waals surface area contributed by atoms with Gasteiger partial charge in [-0.25, -0.2) is 0 Å². The molecule has 17 heteroatoms. The Morgan fingerprint density at radius 3 is 0.741 bits per heavy atom. The van der Waals surface area contributed by atoms with E-state index < -0.39 is 58.0 Å². The molecule has 0 saturated heterocycles. The zero-order valence-corrected chi connectivity index (χ0v) is 15.9. The maximum atomic E-state index is 12.8. The van der Waals surface area contributed by atoms with Crippen molar-refractivity contribution < 1.29 is 90.4 Å². The quantitative estimate of drug-likeness (QED) is 0.451. The van der Waals surface area contributed by atoms with Crippen LogP contribution in [0.15, 0.2) is 0 Å². The second kappa shape index (κ2) is 8.70. The first-order valence-electron chi connectivity index (χ1n) is 6.16. The van der Waals surface area contributed by atoms with Crippen LogP contribution in [0.1, 0.15) is 13.8 Å². The van der Waals surface area contributed by atoms with E-state index in [1.54, 1.807) is 0 Å². The summed E-state index contributed by atoms with van der Waals surface area (Å²) in [6, 6.07) is 0. The minimum absolute atomic E-state index is 0. The third-order valence-electron chi connectivity index (χ3n) is 3.20. The van der Waals surface area contributed by atoms with Gasteiger partial charge in [-0.2, -0.15) is 61.1 Å². The molecule has 0 saturated carbocycles. The van der Waals surface area contributed by atoms with E-state index in [0.29, 0.717) is 13.1 Å². The van der Waals surface area contributed by atoms with Crippen molar-refractivity contribution in [3.8, 4) is 0 Å². The van der Waals surface area contributed by atoms with Crippen molar-refractivity contribution in [1.29, 1.82) is 0 Å². The summed E-state index contributed by atoms with van der Waals surface area (Å²) in [6.45, 7) is -0.317. The Morgan fingerprint density at radius 1 is 0.481 bits per heavy atom. The van der Waals surface area contributed by atoms with Crippen molar-refractivity contribution in [2.75, 3.05) is 0 Å². The number of hydrogen-bond acceptors (Lipinski definition) is 0. The summed E-state index contributed by atoms with van der Waals surface area (Å²) in [5.41, 5.74) is -9.73. The van der Waals surface area contributed by atoms with Gasteiger partial charge in [0.1, 0.15) is 0 Å². The van der Waals surface area contributed by atoms with Crippen LogP contribution in [-0.2, 0) is 0 Å². The maximum absolute atomic E-state index is 12.8. The van der Waals surface area contributed by atoms with Crippen LogP contribution in [0.4, 0.5) is 52.7 Å². The minimum atomic E-state index is -6.10. The van der Waals surface area contributed by atoms with Gasteiger partial charge in [0, 0.05) is 0 Å². The van der Waals surface area contributed by atoms with E-state index in [9.17, 15) is 52.7 Å². The van der Waals surface area contributed by atoms with E-state index in [4.69, 9.17) is 0 Å². The monoisotopic (exact) mass is 430 g/mol.